The van der Waals surface area contributed by atoms with Crippen LogP contribution < -0.4 is 10.6 Å². The summed E-state index contributed by atoms with van der Waals surface area (Å²) < 4.78 is 0. The van der Waals surface area contributed by atoms with Crippen molar-refractivity contribution in [3.63, 3.8) is 0 Å². The van der Waals surface area contributed by atoms with E-state index in [0.29, 0.717) is 17.7 Å². The molecule has 0 spiro atoms. The van der Waals surface area contributed by atoms with E-state index in [1.807, 2.05) is 31.2 Å². The Hall–Kier alpha value is -2.43. The number of carbonyl (C=O) groups is 1. The van der Waals surface area contributed by atoms with Gasteiger partial charge in [0.2, 0.25) is 0 Å². The van der Waals surface area contributed by atoms with Crippen molar-refractivity contribution in [3.05, 3.63) is 47.2 Å². The van der Waals surface area contributed by atoms with Crippen LogP contribution >= 0.6 is 0 Å². The number of aromatic nitrogens is 2. The van der Waals surface area contributed by atoms with Crippen LogP contribution in [-0.4, -0.2) is 22.1 Å². The number of nitrogens with one attached hydrogen (secondary N) is 2. The van der Waals surface area contributed by atoms with Crippen LogP contribution in [-0.2, 0) is 0 Å². The summed E-state index contributed by atoms with van der Waals surface area (Å²) in [6.45, 7) is 6.24. The molecule has 1 saturated carbocycles. The molecule has 2 aromatic rings. The minimum absolute atomic E-state index is 0.226. The van der Waals surface area contributed by atoms with Gasteiger partial charge in [0.1, 0.15) is 5.82 Å². The minimum atomic E-state index is -0.226. The average Bonchev–Trinajstić information content (AvgIpc) is 3.10. The van der Waals surface area contributed by atoms with Crippen LogP contribution in [0.15, 0.2) is 30.3 Å². The maximum atomic E-state index is 12.6. The van der Waals surface area contributed by atoms with Crippen LogP contribution in [0.2, 0.25) is 0 Å². The molecule has 25 heavy (non-hydrogen) atoms. The SMILES string of the molecule is Cc1cccc(C(C)C)c1NC(=O)c1ccc(NC2CCCC2)nn1. The number of rotatable bonds is 5. The van der Waals surface area contributed by atoms with Crippen LogP contribution in [0.1, 0.15) is 67.1 Å². The third-order valence-corrected chi connectivity index (χ3v) is 4.77. The molecular weight excluding hydrogens is 312 g/mol. The van der Waals surface area contributed by atoms with Gasteiger partial charge in [-0.3, -0.25) is 4.79 Å². The van der Waals surface area contributed by atoms with Gasteiger partial charge in [0.25, 0.3) is 5.91 Å². The fraction of sp³-hybridized carbons (Fsp3) is 0.450. The summed E-state index contributed by atoms with van der Waals surface area (Å²) in [4.78, 5) is 12.6. The lowest BCUT2D eigenvalue weighted by Crippen LogP contribution is -2.19. The summed E-state index contributed by atoms with van der Waals surface area (Å²) in [5.41, 5.74) is 3.38. The summed E-state index contributed by atoms with van der Waals surface area (Å²) in [6, 6.07) is 10.1. The maximum absolute atomic E-state index is 12.6. The van der Waals surface area contributed by atoms with Crippen molar-refractivity contribution in [2.45, 2.75) is 58.4 Å². The zero-order valence-electron chi connectivity index (χ0n) is 15.2. The Bertz CT molecular complexity index is 734. The van der Waals surface area contributed by atoms with Gasteiger partial charge in [-0.1, -0.05) is 44.9 Å². The van der Waals surface area contributed by atoms with Gasteiger partial charge < -0.3 is 10.6 Å². The minimum Gasteiger partial charge on any atom is -0.366 e. The lowest BCUT2D eigenvalue weighted by molar-refractivity contribution is 0.102. The van der Waals surface area contributed by atoms with E-state index in [9.17, 15) is 4.79 Å². The Morgan fingerprint density at radius 3 is 2.52 bits per heavy atom. The highest BCUT2D eigenvalue weighted by molar-refractivity contribution is 6.03. The average molecular weight is 338 g/mol. The van der Waals surface area contributed by atoms with E-state index in [4.69, 9.17) is 0 Å². The monoisotopic (exact) mass is 338 g/mol. The first-order chi connectivity index (χ1) is 12.0. The number of hydrogen-bond donors (Lipinski definition) is 2. The first kappa shape index (κ1) is 17.4. The van der Waals surface area contributed by atoms with Crippen molar-refractivity contribution in [1.29, 1.82) is 0 Å². The molecule has 1 aromatic carbocycles. The van der Waals surface area contributed by atoms with E-state index in [-0.39, 0.29) is 5.91 Å². The predicted molar refractivity (Wildman–Crippen MR) is 101 cm³/mol. The Morgan fingerprint density at radius 1 is 1.12 bits per heavy atom. The summed E-state index contributed by atoms with van der Waals surface area (Å²) in [5.74, 6) is 0.845. The van der Waals surface area contributed by atoms with Gasteiger partial charge in [0.15, 0.2) is 5.69 Å². The van der Waals surface area contributed by atoms with Crippen molar-refractivity contribution in [3.8, 4) is 0 Å². The quantitative estimate of drug-likeness (QED) is 0.841. The lowest BCUT2D eigenvalue weighted by Gasteiger charge is -2.16. The number of para-hydroxylation sites is 1. The van der Waals surface area contributed by atoms with E-state index in [0.717, 1.165) is 22.6 Å². The highest BCUT2D eigenvalue weighted by Crippen LogP contribution is 2.27. The van der Waals surface area contributed by atoms with Crippen molar-refractivity contribution in [2.75, 3.05) is 10.6 Å². The summed E-state index contributed by atoms with van der Waals surface area (Å²) in [6.07, 6.45) is 4.88. The molecule has 0 atom stereocenters. The number of nitrogens with zero attached hydrogens (tertiary/aromatic N) is 2. The van der Waals surface area contributed by atoms with Gasteiger partial charge in [-0.25, -0.2) is 0 Å². The molecule has 5 heteroatoms. The van der Waals surface area contributed by atoms with E-state index in [1.165, 1.54) is 25.7 Å². The third-order valence-electron chi connectivity index (χ3n) is 4.77. The molecule has 0 radical (unpaired) electrons. The molecule has 1 aliphatic rings. The molecule has 0 bridgehead atoms. The fourth-order valence-corrected chi connectivity index (χ4v) is 3.33. The Balaban J connectivity index is 1.71. The molecule has 2 N–H and O–H groups in total. The topological polar surface area (TPSA) is 66.9 Å². The Morgan fingerprint density at radius 2 is 1.88 bits per heavy atom. The highest BCUT2D eigenvalue weighted by atomic mass is 16.1. The van der Waals surface area contributed by atoms with Crippen LogP contribution in [0.3, 0.4) is 0 Å². The first-order valence-corrected chi connectivity index (χ1v) is 9.05. The number of hydrogen-bond acceptors (Lipinski definition) is 4. The molecule has 0 saturated heterocycles. The van der Waals surface area contributed by atoms with Crippen LogP contribution in [0, 0.1) is 6.92 Å². The van der Waals surface area contributed by atoms with Crippen LogP contribution in [0.4, 0.5) is 11.5 Å². The predicted octanol–water partition coefficient (Wildman–Crippen LogP) is 4.52. The molecule has 3 rings (SSSR count). The van der Waals surface area contributed by atoms with Gasteiger partial charge >= 0.3 is 0 Å². The van der Waals surface area contributed by atoms with Gasteiger partial charge in [0, 0.05) is 11.7 Å². The number of aryl methyl sites for hydroxylation is 1. The summed E-state index contributed by atoms with van der Waals surface area (Å²) in [7, 11) is 0. The molecule has 0 aliphatic heterocycles. The molecule has 1 aromatic heterocycles. The molecule has 1 amide bonds. The molecule has 1 aliphatic carbocycles. The van der Waals surface area contributed by atoms with E-state index < -0.39 is 0 Å². The van der Waals surface area contributed by atoms with E-state index in [1.54, 1.807) is 6.07 Å². The normalized spacial score (nSPS) is 14.7. The highest BCUT2D eigenvalue weighted by Gasteiger charge is 2.17. The second kappa shape index (κ2) is 7.64. The van der Waals surface area contributed by atoms with Gasteiger partial charge in [0.05, 0.1) is 0 Å². The van der Waals surface area contributed by atoms with Gasteiger partial charge in [-0.05, 0) is 48.9 Å². The zero-order valence-corrected chi connectivity index (χ0v) is 15.2. The Labute approximate surface area is 149 Å². The molecule has 132 valence electrons. The van der Waals surface area contributed by atoms with Crippen LogP contribution in [0.25, 0.3) is 0 Å². The van der Waals surface area contributed by atoms with Crippen molar-refractivity contribution < 1.29 is 4.79 Å². The van der Waals surface area contributed by atoms with Crippen molar-refractivity contribution in [1.82, 2.24) is 10.2 Å². The smallest absolute Gasteiger partial charge is 0.276 e. The lowest BCUT2D eigenvalue weighted by atomic mass is 9.98. The molecule has 5 nitrogen and oxygen atoms in total. The summed E-state index contributed by atoms with van der Waals surface area (Å²) in [5, 5.41) is 14.7. The third kappa shape index (κ3) is 4.16. The fourth-order valence-electron chi connectivity index (χ4n) is 3.33. The first-order valence-electron chi connectivity index (χ1n) is 9.05. The van der Waals surface area contributed by atoms with Crippen LogP contribution in [0.5, 0.6) is 0 Å². The van der Waals surface area contributed by atoms with E-state index >= 15 is 0 Å². The number of amides is 1. The standard InChI is InChI=1S/C20H26N4O/c1-13(2)16-10-6-7-14(3)19(16)22-20(25)17-11-12-18(24-23-17)21-15-8-4-5-9-15/h6-7,10-13,15H,4-5,8-9H2,1-3H3,(H,21,24)(H,22,25). The second-order valence-electron chi connectivity index (χ2n) is 7.08. The molecule has 0 unspecified atom stereocenters. The second-order valence-corrected chi connectivity index (χ2v) is 7.08. The molecule has 1 heterocycles. The van der Waals surface area contributed by atoms with Crippen molar-refractivity contribution in [2.24, 2.45) is 0 Å². The molecular formula is C20H26N4O. The maximum Gasteiger partial charge on any atom is 0.276 e. The zero-order chi connectivity index (χ0) is 17.8. The van der Waals surface area contributed by atoms with Gasteiger partial charge in [-0.2, -0.15) is 0 Å². The summed E-state index contributed by atoms with van der Waals surface area (Å²) >= 11 is 0. The largest absolute Gasteiger partial charge is 0.366 e. The number of benzene rings is 1. The van der Waals surface area contributed by atoms with E-state index in [2.05, 4.69) is 34.7 Å². The van der Waals surface area contributed by atoms with Gasteiger partial charge in [-0.15, -0.1) is 10.2 Å². The number of carbonyl (C=O) groups excluding carboxylic acids is 1. The number of anilines is 2. The van der Waals surface area contributed by atoms with Crippen molar-refractivity contribution >= 4 is 17.4 Å². The molecule has 1 fully saturated rings. The Kier molecular flexibility index (Phi) is 5.31.